The highest BCUT2D eigenvalue weighted by Crippen LogP contribution is 2.28. The van der Waals surface area contributed by atoms with E-state index >= 15 is 0 Å². The molecule has 2 aromatic carbocycles. The topological polar surface area (TPSA) is 66.0 Å². The van der Waals surface area contributed by atoms with Crippen LogP contribution in [0, 0.1) is 11.6 Å². The van der Waals surface area contributed by atoms with Crippen LogP contribution in [0.3, 0.4) is 0 Å². The standard InChI is InChI=1S/C14H7ClF2N2O2/c15-9-3-1-2-7(11(9)17)13-18-10-5-6(16)4-8(14(20)21)12(10)19-13/h1-5H,(H,18,19)(H,20,21). The summed E-state index contributed by atoms with van der Waals surface area (Å²) in [7, 11) is 0. The van der Waals surface area contributed by atoms with Gasteiger partial charge in [-0.05, 0) is 24.3 Å². The molecule has 0 atom stereocenters. The number of imidazole rings is 1. The molecule has 4 nitrogen and oxygen atoms in total. The van der Waals surface area contributed by atoms with Crippen molar-refractivity contribution >= 4 is 28.6 Å². The van der Waals surface area contributed by atoms with E-state index in [2.05, 4.69) is 9.97 Å². The van der Waals surface area contributed by atoms with Crippen LogP contribution in [0.15, 0.2) is 30.3 Å². The Kier molecular flexibility index (Phi) is 3.10. The summed E-state index contributed by atoms with van der Waals surface area (Å²) >= 11 is 5.70. The van der Waals surface area contributed by atoms with Crippen LogP contribution in [0.25, 0.3) is 22.4 Å². The molecule has 1 aromatic heterocycles. The number of nitrogens with one attached hydrogen (secondary N) is 1. The lowest BCUT2D eigenvalue weighted by Gasteiger charge is -2.00. The van der Waals surface area contributed by atoms with E-state index in [4.69, 9.17) is 16.7 Å². The van der Waals surface area contributed by atoms with Crippen LogP contribution in [-0.2, 0) is 0 Å². The monoisotopic (exact) mass is 308 g/mol. The highest BCUT2D eigenvalue weighted by atomic mass is 35.5. The number of aromatic nitrogens is 2. The summed E-state index contributed by atoms with van der Waals surface area (Å²) in [6.45, 7) is 0. The second kappa shape index (κ2) is 4.82. The molecule has 3 rings (SSSR count). The number of rotatable bonds is 2. The molecule has 0 radical (unpaired) electrons. The Morgan fingerprint density at radius 1 is 1.29 bits per heavy atom. The summed E-state index contributed by atoms with van der Waals surface area (Å²) in [5, 5.41) is 8.98. The number of benzene rings is 2. The predicted octanol–water partition coefficient (Wildman–Crippen LogP) is 3.86. The molecule has 3 aromatic rings. The van der Waals surface area contributed by atoms with Gasteiger partial charge in [-0.25, -0.2) is 18.6 Å². The van der Waals surface area contributed by atoms with Gasteiger partial charge in [-0.3, -0.25) is 0 Å². The number of hydrogen-bond acceptors (Lipinski definition) is 2. The third kappa shape index (κ3) is 2.23. The highest BCUT2D eigenvalue weighted by molar-refractivity contribution is 6.31. The molecule has 0 saturated heterocycles. The van der Waals surface area contributed by atoms with Crippen molar-refractivity contribution < 1.29 is 18.7 Å². The number of carbonyl (C=O) groups is 1. The Bertz CT molecular complexity index is 877. The van der Waals surface area contributed by atoms with Crippen LogP contribution in [0.2, 0.25) is 5.02 Å². The van der Waals surface area contributed by atoms with E-state index in [-0.39, 0.29) is 33.0 Å². The SMILES string of the molecule is O=C(O)c1cc(F)cc2[nH]c(-c3cccc(Cl)c3F)nc12. The van der Waals surface area contributed by atoms with Gasteiger partial charge in [-0.15, -0.1) is 0 Å². The number of aromatic amines is 1. The first-order valence-electron chi connectivity index (χ1n) is 5.84. The summed E-state index contributed by atoms with van der Waals surface area (Å²) in [6.07, 6.45) is 0. The molecule has 7 heteroatoms. The third-order valence-electron chi connectivity index (χ3n) is 2.99. The maximum Gasteiger partial charge on any atom is 0.338 e. The fourth-order valence-corrected chi connectivity index (χ4v) is 2.23. The molecule has 0 aliphatic carbocycles. The van der Waals surface area contributed by atoms with Gasteiger partial charge >= 0.3 is 5.97 Å². The summed E-state index contributed by atoms with van der Waals surface area (Å²) in [5.74, 6) is -2.64. The Hall–Kier alpha value is -2.47. The molecule has 0 unspecified atom stereocenters. The lowest BCUT2D eigenvalue weighted by molar-refractivity contribution is 0.0698. The maximum atomic E-state index is 14.0. The number of halogens is 3. The summed E-state index contributed by atoms with van der Waals surface area (Å²) in [6, 6.07) is 6.32. The van der Waals surface area contributed by atoms with Gasteiger partial charge in [-0.2, -0.15) is 0 Å². The minimum absolute atomic E-state index is 0.0540. The van der Waals surface area contributed by atoms with Crippen molar-refractivity contribution in [1.82, 2.24) is 9.97 Å². The number of H-pyrrole nitrogens is 1. The average Bonchev–Trinajstić information content (AvgIpc) is 2.84. The summed E-state index contributed by atoms with van der Waals surface area (Å²) in [5.41, 5.74) is 0.00503. The first-order valence-corrected chi connectivity index (χ1v) is 6.22. The molecule has 0 spiro atoms. The average molecular weight is 309 g/mol. The number of fused-ring (bicyclic) bond motifs is 1. The fourth-order valence-electron chi connectivity index (χ4n) is 2.06. The lowest BCUT2D eigenvalue weighted by Crippen LogP contribution is -1.98. The quantitative estimate of drug-likeness (QED) is 0.755. The van der Waals surface area contributed by atoms with E-state index in [1.165, 1.54) is 18.2 Å². The number of nitrogens with zero attached hydrogens (tertiary/aromatic N) is 1. The van der Waals surface area contributed by atoms with E-state index in [0.717, 1.165) is 12.1 Å². The summed E-state index contributed by atoms with van der Waals surface area (Å²) in [4.78, 5) is 17.9. The van der Waals surface area contributed by atoms with E-state index in [9.17, 15) is 13.6 Å². The van der Waals surface area contributed by atoms with Gasteiger partial charge in [0.2, 0.25) is 0 Å². The van der Waals surface area contributed by atoms with Gasteiger partial charge in [0.15, 0.2) is 5.82 Å². The maximum absolute atomic E-state index is 14.0. The number of carboxylic acids is 1. The molecular formula is C14H7ClF2N2O2. The molecule has 1 heterocycles. The van der Waals surface area contributed by atoms with Crippen molar-refractivity contribution in [2.45, 2.75) is 0 Å². The number of carboxylic acid groups (broad SMARTS) is 1. The smallest absolute Gasteiger partial charge is 0.338 e. The van der Waals surface area contributed by atoms with Crippen molar-refractivity contribution in [3.63, 3.8) is 0 Å². The molecule has 2 N–H and O–H groups in total. The van der Waals surface area contributed by atoms with Crippen molar-refractivity contribution in [3.05, 3.63) is 52.6 Å². The first-order chi connectivity index (χ1) is 9.97. The van der Waals surface area contributed by atoms with Crippen molar-refractivity contribution in [3.8, 4) is 11.4 Å². The lowest BCUT2D eigenvalue weighted by atomic mass is 10.2. The Morgan fingerprint density at radius 3 is 2.76 bits per heavy atom. The normalized spacial score (nSPS) is 11.0. The Morgan fingerprint density at radius 2 is 2.05 bits per heavy atom. The van der Waals surface area contributed by atoms with E-state index in [1.807, 2.05) is 0 Å². The first kappa shape index (κ1) is 13.5. The molecule has 0 saturated carbocycles. The van der Waals surface area contributed by atoms with Gasteiger partial charge in [0.05, 0.1) is 21.7 Å². The van der Waals surface area contributed by atoms with Crippen molar-refractivity contribution in [2.24, 2.45) is 0 Å². The van der Waals surface area contributed by atoms with Crippen LogP contribution in [0.1, 0.15) is 10.4 Å². The molecule has 106 valence electrons. The number of hydrogen-bond donors (Lipinski definition) is 2. The molecule has 0 fully saturated rings. The van der Waals surface area contributed by atoms with Crippen LogP contribution in [0.5, 0.6) is 0 Å². The molecular weight excluding hydrogens is 302 g/mol. The molecule has 0 aliphatic heterocycles. The van der Waals surface area contributed by atoms with Crippen LogP contribution in [0.4, 0.5) is 8.78 Å². The fraction of sp³-hybridized carbons (Fsp3) is 0. The predicted molar refractivity (Wildman–Crippen MR) is 73.4 cm³/mol. The van der Waals surface area contributed by atoms with Crippen LogP contribution >= 0.6 is 11.6 Å². The minimum Gasteiger partial charge on any atom is -0.478 e. The Labute approximate surface area is 122 Å². The second-order valence-corrected chi connectivity index (χ2v) is 4.75. The van der Waals surface area contributed by atoms with Gasteiger partial charge < -0.3 is 10.1 Å². The zero-order valence-electron chi connectivity index (χ0n) is 10.3. The highest BCUT2D eigenvalue weighted by Gasteiger charge is 2.17. The van der Waals surface area contributed by atoms with Crippen LogP contribution < -0.4 is 0 Å². The van der Waals surface area contributed by atoms with Gasteiger partial charge in [-0.1, -0.05) is 17.7 Å². The van der Waals surface area contributed by atoms with Gasteiger partial charge in [0, 0.05) is 0 Å². The van der Waals surface area contributed by atoms with E-state index in [0.29, 0.717) is 0 Å². The van der Waals surface area contributed by atoms with Gasteiger partial charge in [0.1, 0.15) is 17.2 Å². The molecule has 0 aliphatic rings. The van der Waals surface area contributed by atoms with Crippen molar-refractivity contribution in [2.75, 3.05) is 0 Å². The summed E-state index contributed by atoms with van der Waals surface area (Å²) < 4.78 is 27.4. The van der Waals surface area contributed by atoms with E-state index in [1.54, 1.807) is 0 Å². The zero-order valence-corrected chi connectivity index (χ0v) is 11.1. The molecule has 0 bridgehead atoms. The Balaban J connectivity index is 2.29. The number of aromatic carboxylic acids is 1. The van der Waals surface area contributed by atoms with Crippen LogP contribution in [-0.4, -0.2) is 21.0 Å². The zero-order chi connectivity index (χ0) is 15.1. The molecule has 0 amide bonds. The second-order valence-electron chi connectivity index (χ2n) is 4.34. The minimum atomic E-state index is -1.32. The third-order valence-corrected chi connectivity index (χ3v) is 3.28. The van der Waals surface area contributed by atoms with Gasteiger partial charge in [0.25, 0.3) is 0 Å². The van der Waals surface area contributed by atoms with Crippen molar-refractivity contribution in [1.29, 1.82) is 0 Å². The molecule has 21 heavy (non-hydrogen) atoms. The largest absolute Gasteiger partial charge is 0.478 e. The van der Waals surface area contributed by atoms with E-state index < -0.39 is 17.6 Å².